The average molecular weight is 248 g/mol. The van der Waals surface area contributed by atoms with Crippen molar-refractivity contribution in [2.75, 3.05) is 13.4 Å². The maximum atomic E-state index is 13.6. The number of carboxylic acid groups (broad SMARTS) is 1. The Hall–Kier alpha value is -1.63. The van der Waals surface area contributed by atoms with E-state index < -0.39 is 32.1 Å². The molecule has 0 aromatic heterocycles. The lowest BCUT2D eigenvalue weighted by Crippen LogP contribution is -2.09. The van der Waals surface area contributed by atoms with Crippen molar-refractivity contribution in [1.82, 2.24) is 0 Å². The van der Waals surface area contributed by atoms with E-state index in [1.54, 1.807) is 0 Å². The Balaban J connectivity index is 3.67. The number of methoxy groups -OCH3 is 1. The van der Waals surface area contributed by atoms with Crippen molar-refractivity contribution in [2.24, 2.45) is 0 Å². The van der Waals surface area contributed by atoms with Crippen LogP contribution < -0.4 is 4.74 Å². The van der Waals surface area contributed by atoms with Gasteiger partial charge < -0.3 is 9.84 Å². The van der Waals surface area contributed by atoms with Gasteiger partial charge in [-0.25, -0.2) is 17.6 Å². The third kappa shape index (κ3) is 2.13. The highest BCUT2D eigenvalue weighted by Gasteiger charge is 2.25. The number of carbonyl (C=O) groups is 1. The lowest BCUT2D eigenvalue weighted by Gasteiger charge is -2.09. The molecule has 0 heterocycles. The van der Waals surface area contributed by atoms with Gasteiger partial charge in [0.15, 0.2) is 15.7 Å². The summed E-state index contributed by atoms with van der Waals surface area (Å²) in [5.74, 6) is -3.07. The molecule has 0 saturated carbocycles. The number of benzene rings is 1. The van der Waals surface area contributed by atoms with Gasteiger partial charge in [0.05, 0.1) is 12.7 Å². The van der Waals surface area contributed by atoms with E-state index >= 15 is 0 Å². The Bertz CT molecular complexity index is 535. The van der Waals surface area contributed by atoms with Crippen molar-refractivity contribution in [3.05, 3.63) is 23.5 Å². The SMILES string of the molecule is COc1ccc(C(=O)O)c(F)c1S(C)(=O)=O. The van der Waals surface area contributed by atoms with Gasteiger partial charge in [-0.15, -0.1) is 0 Å². The first-order valence-electron chi connectivity index (χ1n) is 4.09. The van der Waals surface area contributed by atoms with Gasteiger partial charge >= 0.3 is 5.97 Å². The number of halogens is 1. The lowest BCUT2D eigenvalue weighted by atomic mass is 10.2. The quantitative estimate of drug-likeness (QED) is 0.860. The number of rotatable bonds is 3. The minimum atomic E-state index is -3.90. The largest absolute Gasteiger partial charge is 0.495 e. The molecule has 0 atom stereocenters. The summed E-state index contributed by atoms with van der Waals surface area (Å²) in [4.78, 5) is 9.88. The molecule has 7 heteroatoms. The molecule has 16 heavy (non-hydrogen) atoms. The van der Waals surface area contributed by atoms with E-state index in [0.29, 0.717) is 0 Å². The first-order valence-corrected chi connectivity index (χ1v) is 5.98. The van der Waals surface area contributed by atoms with Crippen LogP contribution in [0.15, 0.2) is 17.0 Å². The predicted octanol–water partition coefficient (Wildman–Crippen LogP) is 0.936. The van der Waals surface area contributed by atoms with E-state index in [1.165, 1.54) is 7.11 Å². The topological polar surface area (TPSA) is 80.7 Å². The molecule has 1 aromatic rings. The molecule has 1 N–H and O–H groups in total. The third-order valence-electron chi connectivity index (χ3n) is 1.88. The zero-order chi connectivity index (χ0) is 12.5. The highest BCUT2D eigenvalue weighted by molar-refractivity contribution is 7.90. The fraction of sp³-hybridized carbons (Fsp3) is 0.222. The summed E-state index contributed by atoms with van der Waals surface area (Å²) in [7, 11) is -2.73. The average Bonchev–Trinajstić information content (AvgIpc) is 2.14. The zero-order valence-corrected chi connectivity index (χ0v) is 9.34. The maximum absolute atomic E-state index is 13.6. The molecule has 0 unspecified atom stereocenters. The van der Waals surface area contributed by atoms with Gasteiger partial charge in [0.2, 0.25) is 0 Å². The smallest absolute Gasteiger partial charge is 0.338 e. The second kappa shape index (κ2) is 4.09. The summed E-state index contributed by atoms with van der Waals surface area (Å²) in [6.45, 7) is 0. The second-order valence-electron chi connectivity index (χ2n) is 3.04. The van der Waals surface area contributed by atoms with Crippen LogP contribution in [0.4, 0.5) is 4.39 Å². The van der Waals surface area contributed by atoms with E-state index in [-0.39, 0.29) is 5.75 Å². The molecule has 1 aromatic carbocycles. The Kier molecular flexibility index (Phi) is 3.18. The van der Waals surface area contributed by atoms with E-state index in [1.807, 2.05) is 0 Å². The van der Waals surface area contributed by atoms with Gasteiger partial charge in [0.25, 0.3) is 0 Å². The van der Waals surface area contributed by atoms with Crippen LogP contribution in [0.1, 0.15) is 10.4 Å². The molecule has 0 aliphatic heterocycles. The minimum absolute atomic E-state index is 0.218. The molecular formula is C9H9FO5S. The van der Waals surface area contributed by atoms with Crippen molar-refractivity contribution in [3.63, 3.8) is 0 Å². The van der Waals surface area contributed by atoms with Crippen molar-refractivity contribution in [3.8, 4) is 5.75 Å². The number of hydrogen-bond donors (Lipinski definition) is 1. The zero-order valence-electron chi connectivity index (χ0n) is 8.52. The molecule has 0 fully saturated rings. The van der Waals surface area contributed by atoms with Crippen LogP contribution in [0.25, 0.3) is 0 Å². The summed E-state index contributed by atoms with van der Waals surface area (Å²) >= 11 is 0. The molecule has 5 nitrogen and oxygen atoms in total. The fourth-order valence-electron chi connectivity index (χ4n) is 1.21. The van der Waals surface area contributed by atoms with Gasteiger partial charge in [-0.3, -0.25) is 0 Å². The van der Waals surface area contributed by atoms with Crippen LogP contribution in [0.3, 0.4) is 0 Å². The fourth-order valence-corrected chi connectivity index (χ4v) is 2.16. The molecular weight excluding hydrogens is 239 g/mol. The molecule has 0 saturated heterocycles. The number of carboxylic acids is 1. The molecule has 1 rings (SSSR count). The maximum Gasteiger partial charge on any atom is 0.338 e. The summed E-state index contributed by atoms with van der Waals surface area (Å²) in [6, 6.07) is 2.05. The van der Waals surface area contributed by atoms with Crippen LogP contribution >= 0.6 is 0 Å². The van der Waals surface area contributed by atoms with Gasteiger partial charge in [-0.2, -0.15) is 0 Å². The highest BCUT2D eigenvalue weighted by Crippen LogP contribution is 2.28. The lowest BCUT2D eigenvalue weighted by molar-refractivity contribution is 0.0691. The first kappa shape index (κ1) is 12.4. The number of hydrogen-bond acceptors (Lipinski definition) is 4. The molecule has 0 amide bonds. The summed E-state index contributed by atoms with van der Waals surface area (Å²) < 4.78 is 40.9. The van der Waals surface area contributed by atoms with E-state index in [0.717, 1.165) is 18.4 Å². The van der Waals surface area contributed by atoms with Gasteiger partial charge in [-0.1, -0.05) is 0 Å². The van der Waals surface area contributed by atoms with Crippen LogP contribution in [0, 0.1) is 5.82 Å². The number of sulfone groups is 1. The summed E-state index contributed by atoms with van der Waals surface area (Å²) in [6.07, 6.45) is 0.777. The van der Waals surface area contributed by atoms with Crippen LogP contribution in [-0.4, -0.2) is 32.9 Å². The number of ether oxygens (including phenoxy) is 1. The van der Waals surface area contributed by atoms with Crippen molar-refractivity contribution in [2.45, 2.75) is 4.90 Å². The highest BCUT2D eigenvalue weighted by atomic mass is 32.2. The van der Waals surface area contributed by atoms with Crippen molar-refractivity contribution in [1.29, 1.82) is 0 Å². The van der Waals surface area contributed by atoms with Crippen molar-refractivity contribution >= 4 is 15.8 Å². The van der Waals surface area contributed by atoms with Gasteiger partial charge in [0, 0.05) is 6.26 Å². The predicted molar refractivity (Wildman–Crippen MR) is 53.0 cm³/mol. The van der Waals surface area contributed by atoms with Crippen LogP contribution in [0.5, 0.6) is 5.75 Å². The van der Waals surface area contributed by atoms with E-state index in [2.05, 4.69) is 4.74 Å². The van der Waals surface area contributed by atoms with E-state index in [9.17, 15) is 17.6 Å². The Morgan fingerprint density at radius 2 is 2.00 bits per heavy atom. The molecule has 0 radical (unpaired) electrons. The Morgan fingerprint density at radius 1 is 1.44 bits per heavy atom. The van der Waals surface area contributed by atoms with E-state index in [4.69, 9.17) is 5.11 Å². The van der Waals surface area contributed by atoms with Crippen molar-refractivity contribution < 1.29 is 27.4 Å². The Morgan fingerprint density at radius 3 is 2.38 bits per heavy atom. The minimum Gasteiger partial charge on any atom is -0.495 e. The number of aromatic carboxylic acids is 1. The summed E-state index contributed by atoms with van der Waals surface area (Å²) in [5.41, 5.74) is -0.707. The Labute approximate surface area is 91.4 Å². The third-order valence-corrected chi connectivity index (χ3v) is 3.00. The van der Waals surface area contributed by atoms with Crippen LogP contribution in [0.2, 0.25) is 0 Å². The first-order chi connectivity index (χ1) is 7.29. The monoisotopic (exact) mass is 248 g/mol. The molecule has 88 valence electrons. The second-order valence-corrected chi connectivity index (χ2v) is 4.99. The molecule has 0 bridgehead atoms. The van der Waals surface area contributed by atoms with Gasteiger partial charge in [0.1, 0.15) is 10.6 Å². The summed E-state index contributed by atoms with van der Waals surface area (Å²) in [5, 5.41) is 8.64. The molecule has 0 aliphatic rings. The standard InChI is InChI=1S/C9H9FO5S/c1-15-6-4-3-5(9(11)12)7(10)8(6)16(2,13)14/h3-4H,1-2H3,(H,11,12). The molecule has 0 aliphatic carbocycles. The molecule has 0 spiro atoms. The van der Waals surface area contributed by atoms with Gasteiger partial charge in [-0.05, 0) is 12.1 Å². The normalized spacial score (nSPS) is 11.2. The van der Waals surface area contributed by atoms with Crippen LogP contribution in [-0.2, 0) is 9.84 Å².